The van der Waals surface area contributed by atoms with Gasteiger partial charge in [0, 0.05) is 13.1 Å². The molecule has 1 aliphatic rings. The molecule has 3 amide bonds. The van der Waals surface area contributed by atoms with Gasteiger partial charge >= 0.3 is 12.0 Å². The predicted octanol–water partition coefficient (Wildman–Crippen LogP) is 0.185. The highest BCUT2D eigenvalue weighted by Crippen LogP contribution is 2.33. The van der Waals surface area contributed by atoms with Crippen molar-refractivity contribution in [2.24, 2.45) is 5.41 Å². The van der Waals surface area contributed by atoms with Crippen molar-refractivity contribution in [1.82, 2.24) is 15.5 Å². The van der Waals surface area contributed by atoms with E-state index >= 15 is 0 Å². The Morgan fingerprint density at radius 2 is 2.15 bits per heavy atom. The van der Waals surface area contributed by atoms with Gasteiger partial charge in [0.15, 0.2) is 0 Å². The van der Waals surface area contributed by atoms with Crippen molar-refractivity contribution >= 4 is 17.9 Å². The van der Waals surface area contributed by atoms with Crippen molar-refractivity contribution in [2.45, 2.75) is 19.8 Å². The van der Waals surface area contributed by atoms with Crippen LogP contribution in [0.25, 0.3) is 0 Å². The number of carbonyl (C=O) groups excluding carboxylic acids is 2. The molecule has 0 saturated carbocycles. The number of rotatable bonds is 6. The minimum Gasteiger partial charge on any atom is -0.481 e. The molecule has 1 atom stereocenters. The highest BCUT2D eigenvalue weighted by molar-refractivity contribution is 5.95. The number of nitrogens with one attached hydrogen (secondary N) is 2. The average molecular weight is 283 g/mol. The number of carbonyl (C=O) groups is 3. The van der Waals surface area contributed by atoms with Crippen LogP contribution in [0.2, 0.25) is 0 Å². The second kappa shape index (κ2) is 7.04. The van der Waals surface area contributed by atoms with E-state index in [1.54, 1.807) is 4.90 Å². The largest absolute Gasteiger partial charge is 0.481 e. The summed E-state index contributed by atoms with van der Waals surface area (Å²) in [6.45, 7) is 6.46. The normalized spacial score (nSPS) is 22.2. The first kappa shape index (κ1) is 16.2. The van der Waals surface area contributed by atoms with E-state index in [0.29, 0.717) is 25.9 Å². The number of carboxylic acids is 1. The van der Waals surface area contributed by atoms with E-state index in [1.165, 1.54) is 6.08 Å². The Morgan fingerprint density at radius 1 is 1.45 bits per heavy atom. The summed E-state index contributed by atoms with van der Waals surface area (Å²) in [7, 11) is 0. The number of amides is 3. The van der Waals surface area contributed by atoms with Crippen molar-refractivity contribution < 1.29 is 19.5 Å². The first-order valence-electron chi connectivity index (χ1n) is 6.58. The fourth-order valence-corrected chi connectivity index (χ4v) is 2.29. The molecule has 0 radical (unpaired) electrons. The van der Waals surface area contributed by atoms with Crippen molar-refractivity contribution in [2.75, 3.05) is 26.2 Å². The molecular formula is C13H21N3O4. The minimum atomic E-state index is -0.827. The van der Waals surface area contributed by atoms with Gasteiger partial charge < -0.3 is 10.4 Å². The Morgan fingerprint density at radius 3 is 2.65 bits per heavy atom. The van der Waals surface area contributed by atoms with Crippen LogP contribution in [0.15, 0.2) is 12.7 Å². The summed E-state index contributed by atoms with van der Waals surface area (Å²) < 4.78 is 0. The van der Waals surface area contributed by atoms with Crippen LogP contribution in [0.4, 0.5) is 4.79 Å². The number of imide groups is 1. The third kappa shape index (κ3) is 4.06. The highest BCUT2D eigenvalue weighted by atomic mass is 16.4. The van der Waals surface area contributed by atoms with Gasteiger partial charge in [0.05, 0.1) is 12.0 Å². The van der Waals surface area contributed by atoms with Gasteiger partial charge in [-0.15, -0.1) is 6.58 Å². The molecule has 3 N–H and O–H groups in total. The summed E-state index contributed by atoms with van der Waals surface area (Å²) in [6, 6.07) is -0.575. The van der Waals surface area contributed by atoms with Crippen molar-refractivity contribution in [3.05, 3.63) is 12.7 Å². The Balaban J connectivity index is 2.43. The molecule has 1 saturated heterocycles. The maximum Gasteiger partial charge on any atom is 0.321 e. The molecule has 1 heterocycles. The van der Waals surface area contributed by atoms with E-state index in [9.17, 15) is 19.5 Å². The van der Waals surface area contributed by atoms with Crippen LogP contribution in [0.1, 0.15) is 19.8 Å². The summed E-state index contributed by atoms with van der Waals surface area (Å²) in [4.78, 5) is 36.0. The van der Waals surface area contributed by atoms with Crippen molar-refractivity contribution in [1.29, 1.82) is 0 Å². The molecule has 1 unspecified atom stereocenters. The lowest BCUT2D eigenvalue weighted by Gasteiger charge is -2.22. The second-order valence-corrected chi connectivity index (χ2v) is 4.95. The van der Waals surface area contributed by atoms with E-state index < -0.39 is 23.3 Å². The molecule has 0 bridgehead atoms. The summed E-state index contributed by atoms with van der Waals surface area (Å²) in [5.41, 5.74) is -0.772. The standard InChI is InChI=1S/C13H21N3O4/c1-3-6-14-12(20)15-10(17)8-16-7-5-13(4-2,9-16)11(18)19/h3H,1,4-9H2,2H3,(H,18,19)(H2,14,15,17,20). The van der Waals surface area contributed by atoms with Crippen LogP contribution in [0, 0.1) is 5.41 Å². The molecule has 7 heteroatoms. The molecule has 20 heavy (non-hydrogen) atoms. The van der Waals surface area contributed by atoms with Crippen LogP contribution < -0.4 is 10.6 Å². The van der Waals surface area contributed by atoms with Crippen LogP contribution in [-0.2, 0) is 9.59 Å². The first-order valence-corrected chi connectivity index (χ1v) is 6.58. The number of aliphatic carboxylic acids is 1. The highest BCUT2D eigenvalue weighted by Gasteiger charge is 2.43. The molecule has 1 aliphatic heterocycles. The Labute approximate surface area is 118 Å². The zero-order valence-corrected chi connectivity index (χ0v) is 11.6. The van der Waals surface area contributed by atoms with Gasteiger partial charge in [-0.2, -0.15) is 0 Å². The first-order chi connectivity index (χ1) is 9.43. The van der Waals surface area contributed by atoms with Gasteiger partial charge in [-0.3, -0.25) is 19.8 Å². The molecule has 7 nitrogen and oxygen atoms in total. The van der Waals surface area contributed by atoms with Gasteiger partial charge in [0.2, 0.25) is 5.91 Å². The van der Waals surface area contributed by atoms with Gasteiger partial charge in [-0.25, -0.2) is 4.79 Å². The zero-order chi connectivity index (χ0) is 15.2. The molecule has 1 fully saturated rings. The Kier molecular flexibility index (Phi) is 5.69. The fourth-order valence-electron chi connectivity index (χ4n) is 2.29. The average Bonchev–Trinajstić information content (AvgIpc) is 2.80. The summed E-state index contributed by atoms with van der Waals surface area (Å²) in [5.74, 6) is -1.27. The van der Waals surface area contributed by atoms with Crippen LogP contribution in [0.3, 0.4) is 0 Å². The maximum atomic E-state index is 11.7. The minimum absolute atomic E-state index is 0.0243. The number of nitrogens with zero attached hydrogens (tertiary/aromatic N) is 1. The maximum absolute atomic E-state index is 11.7. The summed E-state index contributed by atoms with van der Waals surface area (Å²) >= 11 is 0. The second-order valence-electron chi connectivity index (χ2n) is 4.95. The number of carboxylic acid groups (broad SMARTS) is 1. The number of likely N-dealkylation sites (tertiary alicyclic amines) is 1. The van der Waals surface area contributed by atoms with E-state index in [1.807, 2.05) is 6.92 Å². The molecule has 0 aromatic heterocycles. The molecule has 0 spiro atoms. The van der Waals surface area contributed by atoms with Crippen LogP contribution in [0.5, 0.6) is 0 Å². The van der Waals surface area contributed by atoms with Gasteiger partial charge in [-0.05, 0) is 19.4 Å². The van der Waals surface area contributed by atoms with E-state index in [2.05, 4.69) is 17.2 Å². The Bertz CT molecular complexity index is 410. The summed E-state index contributed by atoms with van der Waals surface area (Å²) in [6.07, 6.45) is 2.56. The lowest BCUT2D eigenvalue weighted by atomic mass is 9.84. The number of hydrogen-bond acceptors (Lipinski definition) is 4. The number of hydrogen-bond donors (Lipinski definition) is 3. The SMILES string of the molecule is C=CCNC(=O)NC(=O)CN1CCC(CC)(C(=O)O)C1. The molecule has 0 aromatic carbocycles. The van der Waals surface area contributed by atoms with E-state index in [-0.39, 0.29) is 13.1 Å². The van der Waals surface area contributed by atoms with E-state index in [0.717, 1.165) is 0 Å². The smallest absolute Gasteiger partial charge is 0.321 e. The van der Waals surface area contributed by atoms with E-state index in [4.69, 9.17) is 0 Å². The third-order valence-electron chi connectivity index (χ3n) is 3.59. The monoisotopic (exact) mass is 283 g/mol. The van der Waals surface area contributed by atoms with Crippen LogP contribution >= 0.6 is 0 Å². The lowest BCUT2D eigenvalue weighted by Crippen LogP contribution is -2.44. The lowest BCUT2D eigenvalue weighted by molar-refractivity contribution is -0.148. The molecule has 0 aromatic rings. The van der Waals surface area contributed by atoms with Crippen molar-refractivity contribution in [3.8, 4) is 0 Å². The third-order valence-corrected chi connectivity index (χ3v) is 3.59. The molecule has 1 rings (SSSR count). The molecular weight excluding hydrogens is 262 g/mol. The van der Waals surface area contributed by atoms with Gasteiger partial charge in [0.1, 0.15) is 0 Å². The number of urea groups is 1. The Hall–Kier alpha value is -1.89. The quantitative estimate of drug-likeness (QED) is 0.604. The van der Waals surface area contributed by atoms with Gasteiger partial charge in [0.25, 0.3) is 0 Å². The molecule has 0 aliphatic carbocycles. The van der Waals surface area contributed by atoms with Gasteiger partial charge in [-0.1, -0.05) is 13.0 Å². The topological polar surface area (TPSA) is 98.7 Å². The fraction of sp³-hybridized carbons (Fsp3) is 0.615. The molecule has 112 valence electrons. The predicted molar refractivity (Wildman–Crippen MR) is 73.2 cm³/mol. The summed E-state index contributed by atoms with van der Waals surface area (Å²) in [5, 5.41) is 13.9. The van der Waals surface area contributed by atoms with Crippen LogP contribution in [-0.4, -0.2) is 54.1 Å². The van der Waals surface area contributed by atoms with Crippen molar-refractivity contribution in [3.63, 3.8) is 0 Å². The zero-order valence-electron chi connectivity index (χ0n) is 11.6.